The third kappa shape index (κ3) is 1.85. The van der Waals surface area contributed by atoms with E-state index in [-0.39, 0.29) is 5.56 Å². The summed E-state index contributed by atoms with van der Waals surface area (Å²) in [6.07, 6.45) is -4.29. The number of aliphatic hydroxyl groups is 1. The Bertz CT molecular complexity index is 459. The van der Waals surface area contributed by atoms with Crippen LogP contribution in [-0.2, 0) is 12.0 Å². The van der Waals surface area contributed by atoms with Gasteiger partial charge in [-0.05, 0) is 30.2 Å². The molecule has 0 spiro atoms. The molecule has 2 rings (SSSR count). The van der Waals surface area contributed by atoms with E-state index in [1.165, 1.54) is 18.2 Å². The van der Waals surface area contributed by atoms with Gasteiger partial charge in [-0.3, -0.25) is 0 Å². The number of halogens is 3. The van der Waals surface area contributed by atoms with Crippen LogP contribution in [0.4, 0.5) is 13.2 Å². The molecule has 3 N–H and O–H groups in total. The maximum Gasteiger partial charge on any atom is 0.422 e. The Morgan fingerprint density at radius 3 is 2.61 bits per heavy atom. The standard InChI is InChI=1S/C12H14F3NO2/c1-7(16)11(17,12(13,14)15)9-2-3-10-8(6-9)4-5-18-10/h2-3,6-7,17H,4-5,16H2,1H3. The van der Waals surface area contributed by atoms with Gasteiger partial charge in [-0.15, -0.1) is 0 Å². The lowest BCUT2D eigenvalue weighted by atomic mass is 9.86. The number of ether oxygens (including phenoxy) is 1. The van der Waals surface area contributed by atoms with Gasteiger partial charge in [0.25, 0.3) is 0 Å². The van der Waals surface area contributed by atoms with E-state index < -0.39 is 17.8 Å². The highest BCUT2D eigenvalue weighted by Crippen LogP contribution is 2.42. The van der Waals surface area contributed by atoms with E-state index in [9.17, 15) is 18.3 Å². The van der Waals surface area contributed by atoms with Crippen LogP contribution < -0.4 is 10.5 Å². The number of fused-ring (bicyclic) bond motifs is 1. The van der Waals surface area contributed by atoms with E-state index >= 15 is 0 Å². The van der Waals surface area contributed by atoms with Crippen LogP contribution in [0, 0.1) is 0 Å². The molecule has 1 aromatic carbocycles. The largest absolute Gasteiger partial charge is 0.493 e. The zero-order valence-corrected chi connectivity index (χ0v) is 9.79. The van der Waals surface area contributed by atoms with Crippen LogP contribution in [-0.4, -0.2) is 23.9 Å². The average Bonchev–Trinajstić information content (AvgIpc) is 2.72. The van der Waals surface area contributed by atoms with Gasteiger partial charge in [0.05, 0.1) is 6.61 Å². The van der Waals surface area contributed by atoms with Crippen LogP contribution in [0.2, 0.25) is 0 Å². The molecule has 1 heterocycles. The number of hydrogen-bond acceptors (Lipinski definition) is 3. The summed E-state index contributed by atoms with van der Waals surface area (Å²) in [5.74, 6) is 0.563. The first kappa shape index (κ1) is 13.2. The molecule has 100 valence electrons. The molecule has 1 aromatic rings. The molecular formula is C12H14F3NO2. The molecule has 3 nitrogen and oxygen atoms in total. The van der Waals surface area contributed by atoms with Crippen molar-refractivity contribution in [2.75, 3.05) is 6.61 Å². The molecule has 18 heavy (non-hydrogen) atoms. The van der Waals surface area contributed by atoms with Crippen molar-refractivity contribution in [3.63, 3.8) is 0 Å². The third-order valence-electron chi connectivity index (χ3n) is 3.22. The monoisotopic (exact) mass is 261 g/mol. The molecular weight excluding hydrogens is 247 g/mol. The fourth-order valence-electron chi connectivity index (χ4n) is 2.11. The Labute approximate surface area is 102 Å². The van der Waals surface area contributed by atoms with Crippen molar-refractivity contribution in [3.05, 3.63) is 29.3 Å². The quantitative estimate of drug-likeness (QED) is 0.852. The van der Waals surface area contributed by atoms with Gasteiger partial charge in [0.2, 0.25) is 5.60 Å². The zero-order valence-electron chi connectivity index (χ0n) is 9.79. The average molecular weight is 261 g/mol. The highest BCUT2D eigenvalue weighted by molar-refractivity contribution is 5.42. The Kier molecular flexibility index (Phi) is 3.03. The molecule has 6 heteroatoms. The topological polar surface area (TPSA) is 55.5 Å². The molecule has 0 saturated heterocycles. The predicted octanol–water partition coefficient (Wildman–Crippen LogP) is 1.72. The molecule has 2 atom stereocenters. The third-order valence-corrected chi connectivity index (χ3v) is 3.22. The van der Waals surface area contributed by atoms with E-state index in [0.717, 1.165) is 6.92 Å². The van der Waals surface area contributed by atoms with Crippen LogP contribution in [0.1, 0.15) is 18.1 Å². The summed E-state index contributed by atoms with van der Waals surface area (Å²) in [4.78, 5) is 0. The van der Waals surface area contributed by atoms with Crippen molar-refractivity contribution in [1.29, 1.82) is 0 Å². The lowest BCUT2D eigenvalue weighted by molar-refractivity contribution is -0.272. The molecule has 2 unspecified atom stereocenters. The van der Waals surface area contributed by atoms with Crippen LogP contribution in [0.15, 0.2) is 18.2 Å². The van der Waals surface area contributed by atoms with E-state index in [1.807, 2.05) is 0 Å². The summed E-state index contributed by atoms with van der Waals surface area (Å²) < 4.78 is 44.3. The summed E-state index contributed by atoms with van der Waals surface area (Å²) in [6.45, 7) is 1.58. The smallest absolute Gasteiger partial charge is 0.422 e. The number of rotatable bonds is 2. The summed E-state index contributed by atoms with van der Waals surface area (Å²) in [5.41, 5.74) is 2.72. The van der Waals surface area contributed by atoms with Gasteiger partial charge in [0.1, 0.15) is 5.75 Å². The second-order valence-corrected chi connectivity index (χ2v) is 4.47. The molecule has 0 fully saturated rings. The lowest BCUT2D eigenvalue weighted by Gasteiger charge is -2.34. The molecule has 0 bridgehead atoms. The Morgan fingerprint density at radius 1 is 1.39 bits per heavy atom. The van der Waals surface area contributed by atoms with Gasteiger partial charge in [-0.1, -0.05) is 6.07 Å². The first-order chi connectivity index (χ1) is 8.26. The van der Waals surface area contributed by atoms with Crippen molar-refractivity contribution in [1.82, 2.24) is 0 Å². The maximum atomic E-state index is 13.0. The summed E-state index contributed by atoms with van der Waals surface area (Å²) in [7, 11) is 0. The number of hydrogen-bond donors (Lipinski definition) is 2. The minimum atomic E-state index is -4.82. The molecule has 0 radical (unpaired) electrons. The Hall–Kier alpha value is -1.27. The SMILES string of the molecule is CC(N)C(O)(c1ccc2c(c1)CCO2)C(F)(F)F. The minimum Gasteiger partial charge on any atom is -0.493 e. The molecule has 1 aliphatic heterocycles. The summed E-state index contributed by atoms with van der Waals surface area (Å²) in [5, 5.41) is 9.94. The van der Waals surface area contributed by atoms with Crippen molar-refractivity contribution >= 4 is 0 Å². The lowest BCUT2D eigenvalue weighted by Crippen LogP contribution is -2.54. The van der Waals surface area contributed by atoms with Crippen molar-refractivity contribution < 1.29 is 23.0 Å². The molecule has 0 amide bonds. The molecule has 0 aromatic heterocycles. The zero-order chi connectivity index (χ0) is 13.6. The normalized spacial score (nSPS) is 19.9. The Balaban J connectivity index is 2.50. The minimum absolute atomic E-state index is 0.241. The Morgan fingerprint density at radius 2 is 2.06 bits per heavy atom. The van der Waals surface area contributed by atoms with Gasteiger partial charge >= 0.3 is 6.18 Å². The first-order valence-corrected chi connectivity index (χ1v) is 5.57. The fourth-order valence-corrected chi connectivity index (χ4v) is 2.11. The van der Waals surface area contributed by atoms with Gasteiger partial charge in [0.15, 0.2) is 0 Å². The number of alkyl halides is 3. The highest BCUT2D eigenvalue weighted by Gasteiger charge is 2.57. The second-order valence-electron chi connectivity index (χ2n) is 4.47. The predicted molar refractivity (Wildman–Crippen MR) is 59.2 cm³/mol. The number of nitrogens with two attached hydrogens (primary N) is 1. The van der Waals surface area contributed by atoms with Gasteiger partial charge in [0, 0.05) is 12.5 Å². The van der Waals surface area contributed by atoms with E-state index in [2.05, 4.69) is 0 Å². The molecule has 0 aliphatic carbocycles. The maximum absolute atomic E-state index is 13.0. The van der Waals surface area contributed by atoms with Crippen LogP contribution in [0.25, 0.3) is 0 Å². The van der Waals surface area contributed by atoms with Gasteiger partial charge < -0.3 is 15.6 Å². The van der Waals surface area contributed by atoms with E-state index in [0.29, 0.717) is 24.3 Å². The summed E-state index contributed by atoms with van der Waals surface area (Å²) >= 11 is 0. The van der Waals surface area contributed by atoms with Crippen LogP contribution in [0.5, 0.6) is 5.75 Å². The first-order valence-electron chi connectivity index (χ1n) is 5.57. The van der Waals surface area contributed by atoms with Gasteiger partial charge in [-0.2, -0.15) is 13.2 Å². The van der Waals surface area contributed by atoms with Crippen LogP contribution >= 0.6 is 0 Å². The van der Waals surface area contributed by atoms with Crippen molar-refractivity contribution in [2.24, 2.45) is 5.73 Å². The second kappa shape index (κ2) is 4.13. The van der Waals surface area contributed by atoms with Gasteiger partial charge in [-0.25, -0.2) is 0 Å². The van der Waals surface area contributed by atoms with E-state index in [4.69, 9.17) is 10.5 Å². The fraction of sp³-hybridized carbons (Fsp3) is 0.500. The van der Waals surface area contributed by atoms with Crippen molar-refractivity contribution in [2.45, 2.75) is 31.2 Å². The van der Waals surface area contributed by atoms with Crippen LogP contribution in [0.3, 0.4) is 0 Å². The number of benzene rings is 1. The van der Waals surface area contributed by atoms with E-state index in [1.54, 1.807) is 0 Å². The molecule has 1 aliphatic rings. The van der Waals surface area contributed by atoms with Crippen molar-refractivity contribution in [3.8, 4) is 5.75 Å². The molecule has 0 saturated carbocycles. The highest BCUT2D eigenvalue weighted by atomic mass is 19.4. The summed E-state index contributed by atoms with van der Waals surface area (Å²) in [6, 6.07) is 2.51.